The number of nitrogens with zero attached hydrogens (tertiary/aromatic N) is 2. The number of hydrogen-bond donors (Lipinski definition) is 0. The van der Waals surface area contributed by atoms with Gasteiger partial charge in [0.1, 0.15) is 0 Å². The third-order valence-corrected chi connectivity index (χ3v) is 12.4. The molecule has 6 rings (SSSR count). The van der Waals surface area contributed by atoms with Crippen LogP contribution in [0.5, 0.6) is 0 Å². The molecule has 2 nitrogen and oxygen atoms in total. The number of aryl methyl sites for hydroxylation is 1. The van der Waals surface area contributed by atoms with E-state index in [9.17, 15) is 0 Å². The zero-order valence-corrected chi connectivity index (χ0v) is 29.7. The minimum atomic E-state index is -1.72. The van der Waals surface area contributed by atoms with Gasteiger partial charge in [0.15, 0.2) is 0 Å². The molecule has 0 spiro atoms. The van der Waals surface area contributed by atoms with Gasteiger partial charge in [0, 0.05) is 33.7 Å². The average Bonchev–Trinajstić information content (AvgIpc) is 3.38. The van der Waals surface area contributed by atoms with Gasteiger partial charge < -0.3 is 4.98 Å². The van der Waals surface area contributed by atoms with Crippen molar-refractivity contribution in [2.75, 3.05) is 0 Å². The topological polar surface area (TPSA) is 25.8 Å². The fourth-order valence-electron chi connectivity index (χ4n) is 4.63. The number of aromatic nitrogens is 2. The summed E-state index contributed by atoms with van der Waals surface area (Å²) in [6.07, 6.45) is 2.36. The van der Waals surface area contributed by atoms with Crippen molar-refractivity contribution in [2.24, 2.45) is 5.92 Å². The summed E-state index contributed by atoms with van der Waals surface area (Å²) in [5, 5.41) is 2.47. The molecular weight excluding hydrogens is 757 g/mol. The maximum Gasteiger partial charge on any atom is 0 e. The Hall–Kier alpha value is -2.63. The van der Waals surface area contributed by atoms with E-state index in [4.69, 9.17) is 2.74 Å². The first-order valence-corrected chi connectivity index (χ1v) is 21.9. The molecular formula is C36H36GeIrN2S-2. The van der Waals surface area contributed by atoms with E-state index in [-0.39, 0.29) is 26.0 Å². The van der Waals surface area contributed by atoms with Gasteiger partial charge in [-0.1, -0.05) is 49.1 Å². The van der Waals surface area contributed by atoms with Crippen molar-refractivity contribution in [3.05, 3.63) is 115 Å². The van der Waals surface area contributed by atoms with Crippen LogP contribution in [0.15, 0.2) is 91.3 Å². The zero-order valence-electron chi connectivity index (χ0n) is 26.4. The number of thiophene rings is 1. The monoisotopic (exact) mass is 797 g/mol. The van der Waals surface area contributed by atoms with E-state index in [0.29, 0.717) is 5.56 Å². The van der Waals surface area contributed by atoms with E-state index in [1.807, 2.05) is 56.4 Å². The van der Waals surface area contributed by atoms with Crippen molar-refractivity contribution >= 4 is 49.2 Å². The van der Waals surface area contributed by atoms with Crippen LogP contribution in [0.25, 0.3) is 42.7 Å². The molecule has 3 aromatic heterocycles. The summed E-state index contributed by atoms with van der Waals surface area (Å²) < 4.78 is 20.7. The zero-order chi connectivity index (χ0) is 30.1. The minimum absolute atomic E-state index is 0. The standard InChI is InChI=1S/C22H20NS.C14H16GeN.Ir/c1-14(2)12-16-10-11-23-20(13-16)19-9-5-8-18-17-7-4-6-15(3)21(17)24-22(18)19;1-15(2,3)13-9-10-14(16-11-13)12-7-5-4-6-8-12;/h4-8,10-11,13-14H,12H2,1-3H3;4-7,9-11H,1-3H3;/q2*-1;/i12D2;;. The number of rotatable bonds is 5. The molecule has 0 atom stereocenters. The molecule has 0 saturated carbocycles. The molecule has 5 heteroatoms. The van der Waals surface area contributed by atoms with Crippen LogP contribution in [0.1, 0.15) is 27.7 Å². The number of fused-ring (bicyclic) bond motifs is 3. The summed E-state index contributed by atoms with van der Waals surface area (Å²) in [7, 11) is 0. The maximum absolute atomic E-state index is 8.39. The summed E-state index contributed by atoms with van der Waals surface area (Å²) in [6.45, 7) is 5.95. The smallest absolute Gasteiger partial charge is 0 e. The summed E-state index contributed by atoms with van der Waals surface area (Å²) >= 11 is 0.0485. The molecule has 0 fully saturated rings. The molecule has 3 heterocycles. The quantitative estimate of drug-likeness (QED) is 0.128. The fraction of sp³-hybridized carbons (Fsp3) is 0.222. The maximum atomic E-state index is 8.39. The molecule has 0 amide bonds. The van der Waals surface area contributed by atoms with E-state index >= 15 is 0 Å². The molecule has 0 N–H and O–H groups in total. The predicted octanol–water partition coefficient (Wildman–Crippen LogP) is 9.52. The van der Waals surface area contributed by atoms with Gasteiger partial charge in [0.05, 0.1) is 0 Å². The summed E-state index contributed by atoms with van der Waals surface area (Å²) in [5.41, 5.74) is 5.74. The molecule has 0 saturated heterocycles. The van der Waals surface area contributed by atoms with Gasteiger partial charge in [-0.3, -0.25) is 0 Å². The Morgan fingerprint density at radius 1 is 0.854 bits per heavy atom. The molecule has 3 aromatic carbocycles. The minimum Gasteiger partial charge on any atom is 0 e. The van der Waals surface area contributed by atoms with Crippen LogP contribution in [0, 0.1) is 25.0 Å². The van der Waals surface area contributed by atoms with Crippen molar-refractivity contribution in [3.8, 4) is 22.5 Å². The second-order valence-corrected chi connectivity index (χ2v) is 23.0. The van der Waals surface area contributed by atoms with Gasteiger partial charge in [-0.15, -0.1) is 23.8 Å². The fourth-order valence-corrected chi connectivity index (χ4v) is 8.08. The van der Waals surface area contributed by atoms with Crippen LogP contribution >= 0.6 is 11.3 Å². The Labute approximate surface area is 267 Å². The van der Waals surface area contributed by atoms with E-state index in [1.54, 1.807) is 23.6 Å². The van der Waals surface area contributed by atoms with Gasteiger partial charge in [-0.2, -0.15) is 11.3 Å². The summed E-state index contributed by atoms with van der Waals surface area (Å²) in [5.74, 6) is 7.03. The first-order chi connectivity index (χ1) is 20.0. The van der Waals surface area contributed by atoms with Crippen LogP contribution in [0.2, 0.25) is 17.3 Å². The molecule has 0 unspecified atom stereocenters. The summed E-state index contributed by atoms with van der Waals surface area (Å²) in [6, 6.07) is 32.9. The Morgan fingerprint density at radius 3 is 2.34 bits per heavy atom. The molecule has 211 valence electrons. The summed E-state index contributed by atoms with van der Waals surface area (Å²) in [4.78, 5) is 9.06. The van der Waals surface area contributed by atoms with E-state index in [1.165, 1.54) is 25.4 Å². The van der Waals surface area contributed by atoms with E-state index < -0.39 is 19.6 Å². The van der Waals surface area contributed by atoms with E-state index in [0.717, 1.165) is 27.2 Å². The Bertz CT molecular complexity index is 1830. The van der Waals surface area contributed by atoms with Crippen LogP contribution in [-0.2, 0) is 26.5 Å². The van der Waals surface area contributed by atoms with Gasteiger partial charge >= 0.3 is 99.8 Å². The Morgan fingerprint density at radius 2 is 1.66 bits per heavy atom. The van der Waals surface area contributed by atoms with E-state index in [2.05, 4.69) is 82.7 Å². The first-order valence-electron chi connectivity index (χ1n) is 14.7. The predicted molar refractivity (Wildman–Crippen MR) is 176 cm³/mol. The van der Waals surface area contributed by atoms with Crippen molar-refractivity contribution in [3.63, 3.8) is 0 Å². The van der Waals surface area contributed by atoms with Crippen LogP contribution in [-0.4, -0.2) is 23.2 Å². The molecule has 1 radical (unpaired) electrons. The molecule has 6 aromatic rings. The average molecular weight is 796 g/mol. The van der Waals surface area contributed by atoms with Crippen molar-refractivity contribution < 1.29 is 22.8 Å². The second-order valence-electron chi connectivity index (χ2n) is 11.3. The normalized spacial score (nSPS) is 12.4. The van der Waals surface area contributed by atoms with Crippen molar-refractivity contribution in [2.45, 2.75) is 44.4 Å². The Balaban J connectivity index is 0.000000215. The SMILES string of the molecule is [2H]C([2H])(c1ccnc(-c2[c-]ccc3c2sc2c(C)cccc23)c1)C(C)C.[CH3][Ge]([CH3])([CH3])[c]1ccc(-c2[c-]cccc2)nc1.[Ir]. The van der Waals surface area contributed by atoms with Crippen molar-refractivity contribution in [1.82, 2.24) is 9.97 Å². The van der Waals surface area contributed by atoms with Gasteiger partial charge in [0.25, 0.3) is 0 Å². The third-order valence-electron chi connectivity index (χ3n) is 6.74. The van der Waals surface area contributed by atoms with Crippen LogP contribution in [0.4, 0.5) is 0 Å². The third kappa shape index (κ3) is 7.42. The molecule has 41 heavy (non-hydrogen) atoms. The van der Waals surface area contributed by atoms with Crippen LogP contribution in [0.3, 0.4) is 0 Å². The molecule has 0 aliphatic rings. The van der Waals surface area contributed by atoms with Gasteiger partial charge in [0.2, 0.25) is 0 Å². The first kappa shape index (κ1) is 28.5. The molecule has 0 aliphatic carbocycles. The number of pyridine rings is 2. The van der Waals surface area contributed by atoms with Crippen molar-refractivity contribution in [1.29, 1.82) is 0 Å². The van der Waals surface area contributed by atoms with Gasteiger partial charge in [-0.25, -0.2) is 0 Å². The second kappa shape index (κ2) is 13.6. The molecule has 0 aliphatic heterocycles. The van der Waals surface area contributed by atoms with Gasteiger partial charge in [-0.05, 0) is 46.6 Å². The Kier molecular flexibility index (Phi) is 9.43. The van der Waals surface area contributed by atoms with Crippen LogP contribution < -0.4 is 4.40 Å². The number of benzene rings is 3. The number of hydrogen-bond acceptors (Lipinski definition) is 3. The molecule has 0 bridgehead atoms. The largest absolute Gasteiger partial charge is 0 e.